The summed E-state index contributed by atoms with van der Waals surface area (Å²) in [6.45, 7) is 2.63. The number of nitrogens with one attached hydrogen (secondary N) is 4. The molecule has 2 amide bonds. The number of aromatic nitrogens is 1. The number of amides is 2. The smallest absolute Gasteiger partial charge is 0.490 e. The highest BCUT2D eigenvalue weighted by atomic mass is 35.5. The second kappa shape index (κ2) is 23.3. The van der Waals surface area contributed by atoms with Gasteiger partial charge in [-0.1, -0.05) is 72.3 Å². The zero-order valence-corrected chi connectivity index (χ0v) is 34.6. The highest BCUT2D eigenvalue weighted by molar-refractivity contribution is 6.33. The number of carbonyl (C=O) groups is 4. The first-order chi connectivity index (χ1) is 30.6. The van der Waals surface area contributed by atoms with E-state index in [0.29, 0.717) is 72.8 Å². The van der Waals surface area contributed by atoms with Crippen molar-refractivity contribution in [2.75, 3.05) is 36.8 Å². The number of carbonyl (C=O) groups excluding carboxylic acids is 2. The number of piperidine rings is 1. The largest absolute Gasteiger partial charge is 0.506 e. The number of carboxylic acids is 2. The summed E-state index contributed by atoms with van der Waals surface area (Å²) in [5, 5.41) is 45.1. The Labute approximate surface area is 370 Å². The van der Waals surface area contributed by atoms with Crippen molar-refractivity contribution in [3.63, 3.8) is 0 Å². The number of para-hydroxylation sites is 1. The number of alkyl halides is 6. The lowest BCUT2D eigenvalue weighted by Crippen LogP contribution is -2.39. The van der Waals surface area contributed by atoms with Gasteiger partial charge in [-0.3, -0.25) is 14.9 Å². The molecular weight excluding hydrogens is 896 g/mol. The van der Waals surface area contributed by atoms with E-state index in [2.05, 4.69) is 25.8 Å². The lowest BCUT2D eigenvalue weighted by molar-refractivity contribution is -0.193. The fraction of sp³-hybridized carbons (Fsp3) is 0.279. The molecule has 15 nitrogen and oxygen atoms in total. The number of benzene rings is 4. The van der Waals surface area contributed by atoms with Crippen LogP contribution in [0.2, 0.25) is 5.02 Å². The maximum Gasteiger partial charge on any atom is 0.490 e. The molecule has 0 bridgehead atoms. The molecule has 0 radical (unpaired) electrons. The van der Waals surface area contributed by atoms with Crippen LogP contribution in [0.1, 0.15) is 36.5 Å². The number of hydrogen-bond donors (Lipinski definition) is 8. The summed E-state index contributed by atoms with van der Waals surface area (Å²) < 4.78 is 69.2. The molecule has 22 heteroatoms. The summed E-state index contributed by atoms with van der Waals surface area (Å²) in [7, 11) is 0. The van der Waals surface area contributed by atoms with Crippen LogP contribution in [0, 0.1) is 0 Å². The highest BCUT2D eigenvalue weighted by Crippen LogP contribution is 2.30. The number of ether oxygens (including phenoxy) is 1. The predicted octanol–water partition coefficient (Wildman–Crippen LogP) is 7.69. The summed E-state index contributed by atoms with van der Waals surface area (Å²) >= 11 is 6.50. The van der Waals surface area contributed by atoms with Gasteiger partial charge in [-0.2, -0.15) is 26.3 Å². The quantitative estimate of drug-likeness (QED) is 0.0563. The molecule has 348 valence electrons. The average molecular weight is 938 g/mol. The summed E-state index contributed by atoms with van der Waals surface area (Å²) in [6.07, 6.45) is -10.1. The molecule has 0 saturated carbocycles. The number of rotatable bonds is 12. The molecule has 0 unspecified atom stereocenters. The van der Waals surface area contributed by atoms with Crippen LogP contribution < -0.4 is 21.5 Å². The number of fused-ring (bicyclic) bond motifs is 1. The van der Waals surface area contributed by atoms with Crippen LogP contribution in [-0.4, -0.2) is 98.9 Å². The molecule has 1 atom stereocenters. The minimum absolute atomic E-state index is 0.0659. The SMILES string of the molecule is O=C(CCN1CCC(OC(=O)Nc2ccccc2-c2ccccc2)CC1)Nc1ccc(CNC[C@H](O)c2ccc(O)c3[nH]c(=O)ccc23)cc1Cl.O=C(O)C(F)(F)F.O=C(O)C(F)(F)F. The number of pyridine rings is 1. The molecule has 0 aliphatic carbocycles. The summed E-state index contributed by atoms with van der Waals surface area (Å²) in [4.78, 5) is 59.8. The third-order valence-electron chi connectivity index (χ3n) is 9.44. The van der Waals surface area contributed by atoms with Crippen molar-refractivity contribution in [3.05, 3.63) is 124 Å². The molecule has 1 saturated heterocycles. The maximum absolute atomic E-state index is 12.8. The molecule has 1 fully saturated rings. The van der Waals surface area contributed by atoms with Gasteiger partial charge in [0.25, 0.3) is 0 Å². The minimum Gasteiger partial charge on any atom is -0.506 e. The van der Waals surface area contributed by atoms with Crippen LogP contribution in [0.4, 0.5) is 42.5 Å². The number of H-pyrrole nitrogens is 1. The number of phenolic OH excluding ortho intramolecular Hbond substituents is 1. The number of likely N-dealkylation sites (tertiary alicyclic amines) is 1. The number of aliphatic carboxylic acids is 2. The molecule has 1 aliphatic heterocycles. The summed E-state index contributed by atoms with van der Waals surface area (Å²) in [5.74, 6) is -5.73. The first kappa shape index (κ1) is 51.0. The van der Waals surface area contributed by atoms with Crippen molar-refractivity contribution in [1.82, 2.24) is 15.2 Å². The second-order valence-electron chi connectivity index (χ2n) is 14.1. The van der Waals surface area contributed by atoms with E-state index in [-0.39, 0.29) is 35.4 Å². The van der Waals surface area contributed by atoms with Gasteiger partial charge in [0.2, 0.25) is 11.5 Å². The maximum atomic E-state index is 12.8. The van der Waals surface area contributed by atoms with Gasteiger partial charge in [-0.15, -0.1) is 0 Å². The number of halogens is 7. The number of carboxylic acid groups (broad SMARTS) is 2. The molecule has 65 heavy (non-hydrogen) atoms. The number of nitrogens with zero attached hydrogens (tertiary/aromatic N) is 1. The van der Waals surface area contributed by atoms with Gasteiger partial charge in [-0.25, -0.2) is 14.4 Å². The van der Waals surface area contributed by atoms with Crippen LogP contribution in [-0.2, 0) is 25.7 Å². The van der Waals surface area contributed by atoms with Crippen LogP contribution in [0.3, 0.4) is 0 Å². The van der Waals surface area contributed by atoms with Gasteiger partial charge < -0.3 is 45.7 Å². The third kappa shape index (κ3) is 16.1. The molecule has 6 rings (SSSR count). The van der Waals surface area contributed by atoms with Crippen molar-refractivity contribution in [1.29, 1.82) is 0 Å². The number of phenols is 1. The monoisotopic (exact) mass is 937 g/mol. The number of aliphatic hydroxyl groups is 1. The Morgan fingerprint density at radius 3 is 2.05 bits per heavy atom. The third-order valence-corrected chi connectivity index (χ3v) is 9.75. The molecular formula is C43H42ClF6N5O10. The lowest BCUT2D eigenvalue weighted by atomic mass is 10.0. The zero-order chi connectivity index (χ0) is 47.9. The molecule has 1 aromatic heterocycles. The molecule has 4 aromatic carbocycles. The number of anilines is 2. The van der Waals surface area contributed by atoms with E-state index in [1.165, 1.54) is 12.1 Å². The van der Waals surface area contributed by atoms with E-state index in [4.69, 9.17) is 36.1 Å². The predicted molar refractivity (Wildman–Crippen MR) is 226 cm³/mol. The zero-order valence-electron chi connectivity index (χ0n) is 33.9. The molecule has 1 aliphatic rings. The lowest BCUT2D eigenvalue weighted by Gasteiger charge is -2.31. The van der Waals surface area contributed by atoms with Crippen molar-refractivity contribution in [3.8, 4) is 16.9 Å². The van der Waals surface area contributed by atoms with Crippen molar-refractivity contribution >= 4 is 57.8 Å². The fourth-order valence-electron chi connectivity index (χ4n) is 6.26. The highest BCUT2D eigenvalue weighted by Gasteiger charge is 2.39. The number of hydrogen-bond acceptors (Lipinski definition) is 10. The molecule has 2 heterocycles. The van der Waals surface area contributed by atoms with Gasteiger partial charge in [0.15, 0.2) is 0 Å². The number of aliphatic hydroxyl groups excluding tert-OH is 1. The number of aromatic amines is 1. The van der Waals surface area contributed by atoms with Gasteiger partial charge in [-0.05, 0) is 59.9 Å². The van der Waals surface area contributed by atoms with Crippen molar-refractivity contribution < 1.29 is 70.7 Å². The van der Waals surface area contributed by atoms with Crippen LogP contribution in [0.15, 0.2) is 102 Å². The normalized spacial score (nSPS) is 13.6. The van der Waals surface area contributed by atoms with Crippen molar-refractivity contribution in [2.24, 2.45) is 0 Å². The topological polar surface area (TPSA) is 231 Å². The van der Waals surface area contributed by atoms with Crippen LogP contribution in [0.25, 0.3) is 22.0 Å². The number of aromatic hydroxyl groups is 1. The first-order valence-corrected chi connectivity index (χ1v) is 19.8. The van der Waals surface area contributed by atoms with Gasteiger partial charge in [0, 0.05) is 56.2 Å². The van der Waals surface area contributed by atoms with Gasteiger partial charge in [0.05, 0.1) is 28.0 Å². The van der Waals surface area contributed by atoms with Crippen LogP contribution >= 0.6 is 11.6 Å². The molecule has 0 spiro atoms. The Kier molecular flexibility index (Phi) is 18.3. The second-order valence-corrected chi connectivity index (χ2v) is 14.5. The Balaban J connectivity index is 0.000000572. The first-order valence-electron chi connectivity index (χ1n) is 19.4. The van der Waals surface area contributed by atoms with Crippen LogP contribution in [0.5, 0.6) is 5.75 Å². The Hall–Kier alpha value is -6.68. The average Bonchev–Trinajstić information content (AvgIpc) is 3.25. The van der Waals surface area contributed by atoms with E-state index in [1.54, 1.807) is 24.3 Å². The Bertz CT molecular complexity index is 2460. The van der Waals surface area contributed by atoms with E-state index >= 15 is 0 Å². The van der Waals surface area contributed by atoms with Crippen molar-refractivity contribution in [2.45, 2.75) is 50.4 Å². The summed E-state index contributed by atoms with van der Waals surface area (Å²) in [5.41, 5.74) is 4.52. The minimum atomic E-state index is -5.08. The van der Waals surface area contributed by atoms with Gasteiger partial charge in [0.1, 0.15) is 11.9 Å². The van der Waals surface area contributed by atoms with E-state index in [0.717, 1.165) is 16.7 Å². The Morgan fingerprint density at radius 2 is 1.43 bits per heavy atom. The standard InChI is InChI=1S/C39H40ClN5O6.2C2HF3O2/c40-31-22-25(23-41-24-35(47)29-11-14-34(46)38-30(29)12-15-36(48)44-38)10-13-33(31)42-37(49)18-21-45-19-16-27(17-20-45)51-39(50)43-32-9-5-4-8-28(32)26-6-2-1-3-7-26;2*3-2(4,5)1(6)7/h1-15,22,27,35,41,46-47H,16-21,23-24H2,(H,42,49)(H,43,50)(H,44,48);2*(H,6,7)/t35-;;/m0../s1. The van der Waals surface area contributed by atoms with E-state index in [1.807, 2.05) is 60.7 Å². The Morgan fingerprint density at radius 1 is 0.815 bits per heavy atom. The van der Waals surface area contributed by atoms with Gasteiger partial charge >= 0.3 is 30.4 Å². The summed E-state index contributed by atoms with van der Waals surface area (Å²) in [6, 6.07) is 28.9. The van der Waals surface area contributed by atoms with E-state index in [9.17, 15) is 50.9 Å². The fourth-order valence-corrected chi connectivity index (χ4v) is 6.51. The molecule has 8 N–H and O–H groups in total. The molecule has 5 aromatic rings. The van der Waals surface area contributed by atoms with E-state index < -0.39 is 36.5 Å².